The Labute approximate surface area is 158 Å². The van der Waals surface area contributed by atoms with E-state index in [1.165, 1.54) is 12.7 Å². The molecule has 0 spiro atoms. The van der Waals surface area contributed by atoms with Gasteiger partial charge in [0.2, 0.25) is 5.91 Å². The van der Waals surface area contributed by atoms with Gasteiger partial charge in [0, 0.05) is 11.7 Å². The van der Waals surface area contributed by atoms with Crippen LogP contribution in [-0.2, 0) is 20.1 Å². The second-order valence-electron chi connectivity index (χ2n) is 6.42. The van der Waals surface area contributed by atoms with Crippen molar-refractivity contribution in [2.45, 2.75) is 36.4 Å². The SMILES string of the molecule is COC(=O)C(C(C)c1ccccc1)N1C(=O)CC1SCc1ccccc1. The van der Waals surface area contributed by atoms with E-state index in [4.69, 9.17) is 4.74 Å². The molecule has 1 heterocycles. The van der Waals surface area contributed by atoms with Crippen molar-refractivity contribution in [2.75, 3.05) is 7.11 Å². The Hall–Kier alpha value is -2.27. The number of carbonyl (C=O) groups excluding carboxylic acids is 2. The van der Waals surface area contributed by atoms with Gasteiger partial charge in [0.1, 0.15) is 6.04 Å². The largest absolute Gasteiger partial charge is 0.467 e. The summed E-state index contributed by atoms with van der Waals surface area (Å²) in [4.78, 5) is 26.6. The van der Waals surface area contributed by atoms with E-state index in [9.17, 15) is 9.59 Å². The van der Waals surface area contributed by atoms with E-state index < -0.39 is 6.04 Å². The first-order chi connectivity index (χ1) is 12.6. The van der Waals surface area contributed by atoms with Crippen LogP contribution in [0.3, 0.4) is 0 Å². The van der Waals surface area contributed by atoms with E-state index in [0.717, 1.165) is 11.3 Å². The first kappa shape index (κ1) is 18.5. The van der Waals surface area contributed by atoms with E-state index in [1.54, 1.807) is 16.7 Å². The Balaban J connectivity index is 1.76. The van der Waals surface area contributed by atoms with Crippen LogP contribution in [0.5, 0.6) is 0 Å². The number of nitrogens with zero attached hydrogens (tertiary/aromatic N) is 1. The first-order valence-corrected chi connectivity index (χ1v) is 9.76. The van der Waals surface area contributed by atoms with Crippen molar-refractivity contribution >= 4 is 23.6 Å². The zero-order valence-corrected chi connectivity index (χ0v) is 15.8. The maximum Gasteiger partial charge on any atom is 0.329 e. The van der Waals surface area contributed by atoms with Gasteiger partial charge < -0.3 is 9.64 Å². The highest BCUT2D eigenvalue weighted by Crippen LogP contribution is 2.38. The van der Waals surface area contributed by atoms with Crippen molar-refractivity contribution < 1.29 is 14.3 Å². The van der Waals surface area contributed by atoms with Crippen LogP contribution < -0.4 is 0 Å². The number of methoxy groups -OCH3 is 1. The smallest absolute Gasteiger partial charge is 0.329 e. The Morgan fingerprint density at radius 1 is 1.15 bits per heavy atom. The molecule has 5 heteroatoms. The van der Waals surface area contributed by atoms with E-state index in [1.807, 2.05) is 55.5 Å². The van der Waals surface area contributed by atoms with E-state index in [0.29, 0.717) is 6.42 Å². The lowest BCUT2D eigenvalue weighted by Gasteiger charge is -2.45. The third kappa shape index (κ3) is 3.93. The van der Waals surface area contributed by atoms with E-state index in [2.05, 4.69) is 12.1 Å². The van der Waals surface area contributed by atoms with Crippen LogP contribution in [-0.4, -0.2) is 35.3 Å². The second-order valence-corrected chi connectivity index (χ2v) is 7.59. The topological polar surface area (TPSA) is 46.6 Å². The van der Waals surface area contributed by atoms with Gasteiger partial charge in [-0.3, -0.25) is 4.79 Å². The zero-order valence-electron chi connectivity index (χ0n) is 15.0. The Morgan fingerprint density at radius 2 is 1.77 bits per heavy atom. The fraction of sp³-hybridized carbons (Fsp3) is 0.333. The first-order valence-electron chi connectivity index (χ1n) is 8.71. The van der Waals surface area contributed by atoms with Gasteiger partial charge in [-0.05, 0) is 11.1 Å². The summed E-state index contributed by atoms with van der Waals surface area (Å²) in [5.41, 5.74) is 2.23. The molecule has 3 atom stereocenters. The summed E-state index contributed by atoms with van der Waals surface area (Å²) in [6.45, 7) is 1.97. The third-order valence-electron chi connectivity index (χ3n) is 4.77. The molecule has 2 aromatic rings. The average molecular weight is 369 g/mol. The Bertz CT molecular complexity index is 750. The molecule has 1 fully saturated rings. The van der Waals surface area contributed by atoms with Gasteiger partial charge in [-0.15, -0.1) is 11.8 Å². The molecule has 0 saturated carbocycles. The molecule has 1 aliphatic heterocycles. The van der Waals surface area contributed by atoms with Gasteiger partial charge in [-0.1, -0.05) is 67.6 Å². The molecule has 0 N–H and O–H groups in total. The van der Waals surface area contributed by atoms with Gasteiger partial charge in [0.05, 0.1) is 18.9 Å². The molecule has 3 rings (SSSR count). The number of hydrogen-bond donors (Lipinski definition) is 0. The summed E-state index contributed by atoms with van der Waals surface area (Å²) in [5.74, 6) is 0.323. The van der Waals surface area contributed by atoms with Crippen LogP contribution >= 0.6 is 11.8 Å². The summed E-state index contributed by atoms with van der Waals surface area (Å²) in [6.07, 6.45) is 0.465. The number of thioether (sulfide) groups is 1. The van der Waals surface area contributed by atoms with Gasteiger partial charge in [-0.2, -0.15) is 0 Å². The van der Waals surface area contributed by atoms with Crippen LogP contribution in [0.1, 0.15) is 30.4 Å². The van der Waals surface area contributed by atoms with Gasteiger partial charge >= 0.3 is 5.97 Å². The van der Waals surface area contributed by atoms with Crippen molar-refractivity contribution in [1.29, 1.82) is 0 Å². The molecular formula is C21H23NO3S. The molecular weight excluding hydrogens is 346 g/mol. The molecule has 1 amide bonds. The molecule has 0 aliphatic carbocycles. The maximum atomic E-state index is 12.5. The number of ether oxygens (including phenoxy) is 1. The highest BCUT2D eigenvalue weighted by atomic mass is 32.2. The number of likely N-dealkylation sites (tertiary alicyclic amines) is 1. The molecule has 136 valence electrons. The standard InChI is InChI=1S/C21H23NO3S/c1-15(17-11-7-4-8-12-17)20(21(24)25-2)22-18(23)13-19(22)26-14-16-9-5-3-6-10-16/h3-12,15,19-20H,13-14H2,1-2H3. The van der Waals surface area contributed by atoms with Crippen LogP contribution in [0.15, 0.2) is 60.7 Å². The van der Waals surface area contributed by atoms with E-state index in [-0.39, 0.29) is 23.2 Å². The number of β-lactam (4-membered cyclic amide) rings is 1. The fourth-order valence-corrected chi connectivity index (χ4v) is 4.51. The fourth-order valence-electron chi connectivity index (χ4n) is 3.26. The number of amides is 1. The Kier molecular flexibility index (Phi) is 5.99. The third-order valence-corrected chi connectivity index (χ3v) is 6.05. The van der Waals surface area contributed by atoms with Gasteiger partial charge in [0.15, 0.2) is 0 Å². The summed E-state index contributed by atoms with van der Waals surface area (Å²) in [5, 5.41) is -0.00188. The number of carbonyl (C=O) groups is 2. The number of benzene rings is 2. The highest BCUT2D eigenvalue weighted by molar-refractivity contribution is 7.99. The molecule has 3 unspecified atom stereocenters. The Morgan fingerprint density at radius 3 is 2.35 bits per heavy atom. The van der Waals surface area contributed by atoms with Crippen molar-refractivity contribution in [2.24, 2.45) is 0 Å². The predicted octanol–water partition coefficient (Wildman–Crippen LogP) is 3.82. The van der Waals surface area contributed by atoms with Gasteiger partial charge in [0.25, 0.3) is 0 Å². The molecule has 0 aromatic heterocycles. The average Bonchev–Trinajstić information content (AvgIpc) is 2.69. The minimum Gasteiger partial charge on any atom is -0.467 e. The molecule has 26 heavy (non-hydrogen) atoms. The minimum absolute atomic E-state index is 0.00188. The highest BCUT2D eigenvalue weighted by Gasteiger charge is 2.46. The summed E-state index contributed by atoms with van der Waals surface area (Å²) < 4.78 is 5.03. The summed E-state index contributed by atoms with van der Waals surface area (Å²) >= 11 is 1.69. The summed E-state index contributed by atoms with van der Waals surface area (Å²) in [6, 6.07) is 19.3. The predicted molar refractivity (Wildman–Crippen MR) is 104 cm³/mol. The summed E-state index contributed by atoms with van der Waals surface area (Å²) in [7, 11) is 1.38. The lowest BCUT2D eigenvalue weighted by atomic mass is 9.90. The molecule has 1 saturated heterocycles. The molecule has 1 aliphatic rings. The van der Waals surface area contributed by atoms with Gasteiger partial charge in [-0.25, -0.2) is 4.79 Å². The molecule has 4 nitrogen and oxygen atoms in total. The second kappa shape index (κ2) is 8.41. The number of esters is 1. The molecule has 2 aromatic carbocycles. The monoisotopic (exact) mass is 369 g/mol. The van der Waals surface area contributed by atoms with Crippen LogP contribution in [0, 0.1) is 0 Å². The quantitative estimate of drug-likeness (QED) is 0.550. The van der Waals surface area contributed by atoms with Crippen molar-refractivity contribution in [3.63, 3.8) is 0 Å². The number of rotatable bonds is 7. The lowest BCUT2D eigenvalue weighted by molar-refractivity contribution is -0.160. The van der Waals surface area contributed by atoms with Crippen LogP contribution in [0.25, 0.3) is 0 Å². The van der Waals surface area contributed by atoms with Crippen LogP contribution in [0.4, 0.5) is 0 Å². The van der Waals surface area contributed by atoms with Crippen molar-refractivity contribution in [1.82, 2.24) is 4.90 Å². The number of hydrogen-bond acceptors (Lipinski definition) is 4. The van der Waals surface area contributed by atoms with Crippen molar-refractivity contribution in [3.05, 3.63) is 71.8 Å². The zero-order chi connectivity index (χ0) is 18.5. The normalized spacial score (nSPS) is 18.8. The van der Waals surface area contributed by atoms with Crippen molar-refractivity contribution in [3.8, 4) is 0 Å². The maximum absolute atomic E-state index is 12.5. The minimum atomic E-state index is -0.600. The molecule has 0 bridgehead atoms. The van der Waals surface area contributed by atoms with Crippen LogP contribution in [0.2, 0.25) is 0 Å². The lowest BCUT2D eigenvalue weighted by Crippen LogP contribution is -2.60. The molecule has 0 radical (unpaired) electrons. The van der Waals surface area contributed by atoms with E-state index >= 15 is 0 Å².